The second kappa shape index (κ2) is 6.30. The fourth-order valence-corrected chi connectivity index (χ4v) is 2.04. The van der Waals surface area contributed by atoms with Crippen LogP contribution in [0, 0.1) is 0 Å². The number of halogens is 1. The Hall–Kier alpha value is -0.320. The van der Waals surface area contributed by atoms with Gasteiger partial charge in [0, 0.05) is 26.2 Å². The number of hydrogen-bond donors (Lipinski definition) is 1. The van der Waals surface area contributed by atoms with Gasteiger partial charge in [-0.1, -0.05) is 0 Å². The predicted molar refractivity (Wildman–Crippen MR) is 60.3 cm³/mol. The summed E-state index contributed by atoms with van der Waals surface area (Å²) in [6.45, 7) is 4.03. The van der Waals surface area contributed by atoms with Crippen LogP contribution in [0.25, 0.3) is 0 Å². The third-order valence-corrected chi connectivity index (χ3v) is 2.87. The Labute approximate surface area is 96.7 Å². The summed E-state index contributed by atoms with van der Waals surface area (Å²) in [4.78, 5) is 13.9. The highest BCUT2D eigenvalue weighted by molar-refractivity contribution is 5.85. The number of rotatable bonds is 1. The van der Waals surface area contributed by atoms with E-state index in [0.29, 0.717) is 13.2 Å². The molecule has 0 spiro atoms. The van der Waals surface area contributed by atoms with Crippen LogP contribution >= 0.6 is 12.4 Å². The molecule has 1 N–H and O–H groups in total. The molecule has 4 nitrogen and oxygen atoms in total. The SMILES string of the molecule is Cl.O=C(C1CNCCO1)N1CCCCC1. The van der Waals surface area contributed by atoms with E-state index < -0.39 is 0 Å². The number of nitrogens with one attached hydrogen (secondary N) is 1. The van der Waals surface area contributed by atoms with Gasteiger partial charge in [0.15, 0.2) is 0 Å². The van der Waals surface area contributed by atoms with Crippen molar-refractivity contribution < 1.29 is 9.53 Å². The fourth-order valence-electron chi connectivity index (χ4n) is 2.04. The van der Waals surface area contributed by atoms with Crippen molar-refractivity contribution in [3.63, 3.8) is 0 Å². The topological polar surface area (TPSA) is 41.6 Å². The van der Waals surface area contributed by atoms with E-state index in [1.54, 1.807) is 0 Å². The average molecular weight is 235 g/mol. The molecule has 1 amide bonds. The van der Waals surface area contributed by atoms with Crippen LogP contribution in [-0.2, 0) is 9.53 Å². The summed E-state index contributed by atoms with van der Waals surface area (Å²) < 4.78 is 5.44. The van der Waals surface area contributed by atoms with Crippen LogP contribution in [0.3, 0.4) is 0 Å². The largest absolute Gasteiger partial charge is 0.366 e. The van der Waals surface area contributed by atoms with Gasteiger partial charge < -0.3 is 15.0 Å². The van der Waals surface area contributed by atoms with Gasteiger partial charge in [0.05, 0.1) is 6.61 Å². The second-order valence-corrected chi connectivity index (χ2v) is 3.95. The molecule has 0 bridgehead atoms. The molecular weight excluding hydrogens is 216 g/mol. The third kappa shape index (κ3) is 3.33. The lowest BCUT2D eigenvalue weighted by Gasteiger charge is -2.32. The molecule has 0 aromatic carbocycles. The molecule has 2 saturated heterocycles. The van der Waals surface area contributed by atoms with Gasteiger partial charge in [-0.15, -0.1) is 12.4 Å². The average Bonchev–Trinajstić information content (AvgIpc) is 2.30. The first-order valence-corrected chi connectivity index (χ1v) is 5.49. The van der Waals surface area contributed by atoms with E-state index in [9.17, 15) is 4.79 Å². The summed E-state index contributed by atoms with van der Waals surface area (Å²) in [5.41, 5.74) is 0. The molecule has 2 aliphatic rings. The standard InChI is InChI=1S/C10H18N2O2.ClH/c13-10(9-8-11-4-7-14-9)12-5-2-1-3-6-12;/h9,11H,1-8H2;1H. The van der Waals surface area contributed by atoms with Crippen molar-refractivity contribution in [1.29, 1.82) is 0 Å². The molecule has 88 valence electrons. The molecular formula is C10H19ClN2O2. The number of hydrogen-bond acceptors (Lipinski definition) is 3. The second-order valence-electron chi connectivity index (χ2n) is 3.95. The molecule has 0 saturated carbocycles. The fraction of sp³-hybridized carbons (Fsp3) is 0.900. The molecule has 2 aliphatic heterocycles. The number of carbonyl (C=O) groups is 1. The predicted octanol–water partition coefficient (Wildman–Crippen LogP) is 0.409. The Morgan fingerprint density at radius 3 is 2.60 bits per heavy atom. The molecule has 2 heterocycles. The van der Waals surface area contributed by atoms with Gasteiger partial charge in [-0.25, -0.2) is 0 Å². The van der Waals surface area contributed by atoms with Crippen LogP contribution in [0.5, 0.6) is 0 Å². The number of nitrogens with zero attached hydrogens (tertiary/aromatic N) is 1. The Morgan fingerprint density at radius 2 is 2.00 bits per heavy atom. The minimum absolute atomic E-state index is 0. The highest BCUT2D eigenvalue weighted by Crippen LogP contribution is 2.11. The van der Waals surface area contributed by atoms with Crippen molar-refractivity contribution in [3.05, 3.63) is 0 Å². The lowest BCUT2D eigenvalue weighted by atomic mass is 10.1. The maximum atomic E-state index is 11.9. The molecule has 1 unspecified atom stereocenters. The van der Waals surface area contributed by atoms with E-state index >= 15 is 0 Å². The molecule has 2 fully saturated rings. The smallest absolute Gasteiger partial charge is 0.253 e. The number of likely N-dealkylation sites (tertiary alicyclic amines) is 1. The van der Waals surface area contributed by atoms with Crippen LogP contribution < -0.4 is 5.32 Å². The quantitative estimate of drug-likeness (QED) is 0.715. The van der Waals surface area contributed by atoms with Crippen LogP contribution in [0.1, 0.15) is 19.3 Å². The lowest BCUT2D eigenvalue weighted by molar-refractivity contribution is -0.146. The Morgan fingerprint density at radius 1 is 1.27 bits per heavy atom. The maximum Gasteiger partial charge on any atom is 0.253 e. The molecule has 0 aliphatic carbocycles. The van der Waals surface area contributed by atoms with Crippen molar-refractivity contribution in [2.24, 2.45) is 0 Å². The Kier molecular flexibility index (Phi) is 5.36. The summed E-state index contributed by atoms with van der Waals surface area (Å²) in [5, 5.41) is 3.18. The van der Waals surface area contributed by atoms with E-state index in [0.717, 1.165) is 32.5 Å². The summed E-state index contributed by atoms with van der Waals surface area (Å²) in [6.07, 6.45) is 3.31. The molecule has 15 heavy (non-hydrogen) atoms. The van der Waals surface area contributed by atoms with E-state index in [1.165, 1.54) is 6.42 Å². The number of carbonyl (C=O) groups excluding carboxylic acids is 1. The van der Waals surface area contributed by atoms with Crippen molar-refractivity contribution in [2.75, 3.05) is 32.8 Å². The molecule has 5 heteroatoms. The van der Waals surface area contributed by atoms with Gasteiger partial charge in [-0.2, -0.15) is 0 Å². The van der Waals surface area contributed by atoms with E-state index in [-0.39, 0.29) is 24.4 Å². The highest BCUT2D eigenvalue weighted by Gasteiger charge is 2.27. The van der Waals surface area contributed by atoms with Crippen LogP contribution in [0.4, 0.5) is 0 Å². The molecule has 2 rings (SSSR count). The normalized spacial score (nSPS) is 26.9. The summed E-state index contributed by atoms with van der Waals surface area (Å²) in [6, 6.07) is 0. The maximum absolute atomic E-state index is 11.9. The zero-order valence-electron chi connectivity index (χ0n) is 8.91. The van der Waals surface area contributed by atoms with Crippen molar-refractivity contribution >= 4 is 18.3 Å². The van der Waals surface area contributed by atoms with Gasteiger partial charge in [0.2, 0.25) is 0 Å². The van der Waals surface area contributed by atoms with Gasteiger partial charge >= 0.3 is 0 Å². The van der Waals surface area contributed by atoms with Crippen molar-refractivity contribution in [2.45, 2.75) is 25.4 Å². The monoisotopic (exact) mass is 234 g/mol. The van der Waals surface area contributed by atoms with E-state index in [1.807, 2.05) is 4.90 Å². The zero-order chi connectivity index (χ0) is 9.80. The highest BCUT2D eigenvalue weighted by atomic mass is 35.5. The summed E-state index contributed by atoms with van der Waals surface area (Å²) in [5.74, 6) is 0.178. The van der Waals surface area contributed by atoms with Crippen LogP contribution in [0.15, 0.2) is 0 Å². The molecule has 0 aromatic rings. The van der Waals surface area contributed by atoms with Gasteiger partial charge in [0.1, 0.15) is 6.10 Å². The summed E-state index contributed by atoms with van der Waals surface area (Å²) in [7, 11) is 0. The Bertz CT molecular complexity index is 182. The van der Waals surface area contributed by atoms with Crippen molar-refractivity contribution in [3.8, 4) is 0 Å². The first-order chi connectivity index (χ1) is 6.88. The first-order valence-electron chi connectivity index (χ1n) is 5.49. The van der Waals surface area contributed by atoms with Crippen LogP contribution in [0.2, 0.25) is 0 Å². The minimum Gasteiger partial charge on any atom is -0.366 e. The van der Waals surface area contributed by atoms with Crippen LogP contribution in [-0.4, -0.2) is 49.7 Å². The minimum atomic E-state index is -0.234. The molecule has 1 atom stereocenters. The number of ether oxygens (including phenoxy) is 1. The lowest BCUT2D eigenvalue weighted by Crippen LogP contribution is -2.50. The zero-order valence-corrected chi connectivity index (χ0v) is 9.72. The Balaban J connectivity index is 0.00000112. The first kappa shape index (κ1) is 12.7. The van der Waals surface area contributed by atoms with Gasteiger partial charge in [-0.05, 0) is 19.3 Å². The number of piperidine rings is 1. The van der Waals surface area contributed by atoms with E-state index in [4.69, 9.17) is 4.74 Å². The summed E-state index contributed by atoms with van der Waals surface area (Å²) >= 11 is 0. The van der Waals surface area contributed by atoms with Gasteiger partial charge in [0.25, 0.3) is 5.91 Å². The molecule has 0 aromatic heterocycles. The van der Waals surface area contributed by atoms with Crippen molar-refractivity contribution in [1.82, 2.24) is 10.2 Å². The number of morpholine rings is 1. The third-order valence-electron chi connectivity index (χ3n) is 2.87. The van der Waals surface area contributed by atoms with E-state index in [2.05, 4.69) is 5.32 Å². The number of amides is 1. The molecule has 0 radical (unpaired) electrons. The van der Waals surface area contributed by atoms with Gasteiger partial charge in [-0.3, -0.25) is 4.79 Å².